The molecule has 11 nitrogen and oxygen atoms in total. The van der Waals surface area contributed by atoms with Crippen molar-refractivity contribution in [3.05, 3.63) is 64.8 Å². The van der Waals surface area contributed by atoms with Crippen molar-refractivity contribution in [3.8, 4) is 5.75 Å². The molecule has 0 spiro atoms. The Morgan fingerprint density at radius 2 is 1.72 bits per heavy atom. The summed E-state index contributed by atoms with van der Waals surface area (Å²) in [7, 11) is 4.87. The molecule has 0 saturated carbocycles. The number of thioether (sulfide) groups is 1. The Labute approximate surface area is 234 Å². The quantitative estimate of drug-likeness (QED) is 0.133. The molecule has 1 aliphatic heterocycles. The highest BCUT2D eigenvalue weighted by Gasteiger charge is 2.14. The summed E-state index contributed by atoms with van der Waals surface area (Å²) >= 11 is 1.44. The minimum Gasteiger partial charge on any atom is -0.497 e. The van der Waals surface area contributed by atoms with Crippen molar-refractivity contribution in [1.82, 2.24) is 10.2 Å². The number of carbonyl (C=O) groups excluding carboxylic acids is 3. The Bertz CT molecular complexity index is 1030. The van der Waals surface area contributed by atoms with Crippen LogP contribution in [0.15, 0.2) is 64.2 Å². The Morgan fingerprint density at radius 3 is 2.23 bits per heavy atom. The Kier molecular flexibility index (Phi) is 17.3. The number of aliphatic imine (C=N–C) groups is 1. The molecule has 0 radical (unpaired) electrons. The Hall–Kier alpha value is -3.71. The smallest absolute Gasteiger partial charge is 0.238 e. The van der Waals surface area contributed by atoms with Gasteiger partial charge in [0.1, 0.15) is 17.7 Å². The molecule has 0 atom stereocenters. The van der Waals surface area contributed by atoms with Gasteiger partial charge in [-0.1, -0.05) is 11.8 Å². The average molecular weight is 559 g/mol. The molecule has 12 heteroatoms. The topological polar surface area (TPSA) is 147 Å². The van der Waals surface area contributed by atoms with Crippen LogP contribution in [0.4, 0.5) is 11.4 Å². The third kappa shape index (κ3) is 13.1. The summed E-state index contributed by atoms with van der Waals surface area (Å²) in [6.07, 6.45) is 1.46. The molecule has 39 heavy (non-hydrogen) atoms. The lowest BCUT2D eigenvalue weighted by Crippen LogP contribution is -2.41. The van der Waals surface area contributed by atoms with Gasteiger partial charge < -0.3 is 31.2 Å². The van der Waals surface area contributed by atoms with E-state index in [1.807, 2.05) is 24.3 Å². The molecule has 1 amide bonds. The molecule has 2 aromatic carbocycles. The summed E-state index contributed by atoms with van der Waals surface area (Å²) in [5.74, 6) is 1.37. The molecule has 5 N–H and O–H groups in total. The summed E-state index contributed by atoms with van der Waals surface area (Å²) in [6, 6.07) is 14.4. The van der Waals surface area contributed by atoms with Crippen molar-refractivity contribution in [1.29, 1.82) is 0 Å². The standard InChI is InChI=1S/C13H17N3O2S.C13H16N2O3.CH5N/c1-14-12(8-17)13(15-2)19-9-16-10-4-6-11(18-3)7-5-10;16-10-11-1-3-12(4-2-11)14-13(17)9-15-5-7-18-8-6-15;1-2/h4-8,15-16H,1,9H2,2-3H3;1-4,10H,5-9H2,(H,14,17);2H2,1H3/b13-12-;;. The first-order valence-electron chi connectivity index (χ1n) is 12.1. The minimum atomic E-state index is -0.0456. The van der Waals surface area contributed by atoms with Crippen molar-refractivity contribution < 1.29 is 23.9 Å². The van der Waals surface area contributed by atoms with Crippen molar-refractivity contribution in [2.24, 2.45) is 10.7 Å². The van der Waals surface area contributed by atoms with Crippen LogP contribution in [0.25, 0.3) is 0 Å². The number of nitrogens with one attached hydrogen (secondary N) is 3. The van der Waals surface area contributed by atoms with E-state index in [-0.39, 0.29) is 5.91 Å². The summed E-state index contributed by atoms with van der Waals surface area (Å²) in [5, 5.41) is 9.63. The second-order valence-corrected chi connectivity index (χ2v) is 8.60. The Balaban J connectivity index is 0.000000367. The number of amides is 1. The molecule has 1 aliphatic rings. The van der Waals surface area contributed by atoms with Crippen LogP contribution in [0.3, 0.4) is 0 Å². The molecule has 0 aliphatic carbocycles. The van der Waals surface area contributed by atoms with Gasteiger partial charge in [0, 0.05) is 37.1 Å². The highest BCUT2D eigenvalue weighted by molar-refractivity contribution is 8.03. The van der Waals surface area contributed by atoms with E-state index in [1.54, 1.807) is 38.4 Å². The summed E-state index contributed by atoms with van der Waals surface area (Å²) in [6.45, 7) is 6.68. The predicted octanol–water partition coefficient (Wildman–Crippen LogP) is 2.43. The maximum absolute atomic E-state index is 11.8. The van der Waals surface area contributed by atoms with Crippen LogP contribution in [0.2, 0.25) is 0 Å². The number of nitrogens with two attached hydrogens (primary N) is 1. The van der Waals surface area contributed by atoms with E-state index >= 15 is 0 Å². The van der Waals surface area contributed by atoms with Crippen LogP contribution in [0.1, 0.15) is 10.4 Å². The number of anilines is 2. The zero-order chi connectivity index (χ0) is 28.9. The highest BCUT2D eigenvalue weighted by atomic mass is 32.2. The van der Waals surface area contributed by atoms with Crippen molar-refractivity contribution in [2.75, 3.05) is 70.6 Å². The average Bonchev–Trinajstić information content (AvgIpc) is 2.99. The van der Waals surface area contributed by atoms with Crippen LogP contribution < -0.4 is 26.4 Å². The number of morpholine rings is 1. The molecular weight excluding hydrogens is 520 g/mol. The van der Waals surface area contributed by atoms with Crippen molar-refractivity contribution in [3.63, 3.8) is 0 Å². The predicted molar refractivity (Wildman–Crippen MR) is 159 cm³/mol. The third-order valence-electron chi connectivity index (χ3n) is 5.13. The van der Waals surface area contributed by atoms with E-state index in [1.165, 1.54) is 18.8 Å². The first-order valence-corrected chi connectivity index (χ1v) is 13.1. The first-order chi connectivity index (χ1) is 19.0. The van der Waals surface area contributed by atoms with E-state index in [2.05, 4.69) is 38.3 Å². The van der Waals surface area contributed by atoms with Crippen molar-refractivity contribution >= 4 is 48.3 Å². The number of carbonyl (C=O) groups is 3. The van der Waals surface area contributed by atoms with E-state index in [0.29, 0.717) is 53.9 Å². The fourth-order valence-corrected chi connectivity index (χ4v) is 3.93. The maximum Gasteiger partial charge on any atom is 0.238 e. The van der Waals surface area contributed by atoms with Crippen LogP contribution >= 0.6 is 11.8 Å². The molecule has 212 valence electrons. The van der Waals surface area contributed by atoms with Crippen LogP contribution in [-0.2, 0) is 14.3 Å². The summed E-state index contributed by atoms with van der Waals surface area (Å²) in [4.78, 5) is 38.7. The van der Waals surface area contributed by atoms with Gasteiger partial charge in [-0.05, 0) is 62.3 Å². The van der Waals surface area contributed by atoms with Gasteiger partial charge in [-0.25, -0.2) is 0 Å². The number of allylic oxidation sites excluding steroid dienone is 1. The molecule has 0 aromatic heterocycles. The van der Waals surface area contributed by atoms with Gasteiger partial charge >= 0.3 is 0 Å². The number of rotatable bonds is 12. The van der Waals surface area contributed by atoms with E-state index in [4.69, 9.17) is 9.47 Å². The van der Waals surface area contributed by atoms with E-state index in [9.17, 15) is 14.4 Å². The lowest BCUT2D eigenvalue weighted by molar-refractivity contribution is -0.118. The van der Waals surface area contributed by atoms with E-state index in [0.717, 1.165) is 30.8 Å². The maximum atomic E-state index is 11.8. The van der Waals surface area contributed by atoms with E-state index < -0.39 is 0 Å². The van der Waals surface area contributed by atoms with Crippen molar-refractivity contribution in [2.45, 2.75) is 0 Å². The summed E-state index contributed by atoms with van der Waals surface area (Å²) < 4.78 is 10.3. The van der Waals surface area contributed by atoms with Gasteiger partial charge in [-0.3, -0.25) is 24.3 Å². The second kappa shape index (κ2) is 20.3. The zero-order valence-corrected chi connectivity index (χ0v) is 23.5. The second-order valence-electron chi connectivity index (χ2n) is 7.61. The highest BCUT2D eigenvalue weighted by Crippen LogP contribution is 2.19. The number of nitrogens with zero attached hydrogens (tertiary/aromatic N) is 2. The fourth-order valence-electron chi connectivity index (χ4n) is 3.15. The van der Waals surface area contributed by atoms with Gasteiger partial charge in [0.25, 0.3) is 0 Å². The number of benzene rings is 2. The van der Waals surface area contributed by atoms with Gasteiger partial charge in [-0.15, -0.1) is 0 Å². The number of methoxy groups -OCH3 is 1. The number of hydrogen-bond acceptors (Lipinski definition) is 11. The number of ether oxygens (including phenoxy) is 2. The SMILES string of the molecule is C=N/C(C=O)=C(/NC)SCNc1ccc(OC)cc1.CN.O=Cc1ccc(NC(=O)CN2CCOCC2)cc1. The first kappa shape index (κ1) is 33.3. The molecule has 2 aromatic rings. The number of hydrogen-bond donors (Lipinski definition) is 4. The van der Waals surface area contributed by atoms with Crippen LogP contribution in [0, 0.1) is 0 Å². The molecule has 1 heterocycles. The molecule has 0 unspecified atom stereocenters. The zero-order valence-electron chi connectivity index (χ0n) is 22.6. The van der Waals surface area contributed by atoms with Gasteiger partial charge in [0.05, 0.1) is 37.8 Å². The third-order valence-corrected chi connectivity index (χ3v) is 6.12. The number of aldehydes is 2. The Morgan fingerprint density at radius 1 is 1.10 bits per heavy atom. The van der Waals surface area contributed by atoms with Gasteiger partial charge in [0.2, 0.25) is 5.91 Å². The monoisotopic (exact) mass is 558 g/mol. The lowest BCUT2D eigenvalue weighted by Gasteiger charge is -2.25. The lowest BCUT2D eigenvalue weighted by atomic mass is 10.2. The van der Waals surface area contributed by atoms with Crippen LogP contribution in [0.5, 0.6) is 5.75 Å². The molecule has 1 fully saturated rings. The fraction of sp³-hybridized carbons (Fsp3) is 0.333. The molecule has 1 saturated heterocycles. The minimum absolute atomic E-state index is 0.0456. The largest absolute Gasteiger partial charge is 0.497 e. The van der Waals surface area contributed by atoms with Gasteiger partial charge in [-0.2, -0.15) is 0 Å². The summed E-state index contributed by atoms with van der Waals surface area (Å²) in [5.41, 5.74) is 7.09. The normalized spacial score (nSPS) is 13.1. The van der Waals surface area contributed by atoms with Gasteiger partial charge in [0.15, 0.2) is 6.29 Å². The molecule has 0 bridgehead atoms. The molecular formula is C27H38N6O5S. The van der Waals surface area contributed by atoms with Crippen LogP contribution in [-0.4, -0.2) is 90.0 Å². The molecule has 3 rings (SSSR count).